The summed E-state index contributed by atoms with van der Waals surface area (Å²) in [6.07, 6.45) is 3.10. The number of benzene rings is 1. The predicted molar refractivity (Wildman–Crippen MR) is 82.0 cm³/mol. The maximum absolute atomic E-state index is 5.94. The molecular formula is C14H18ClN3S. The molecule has 0 aliphatic carbocycles. The first kappa shape index (κ1) is 14.3. The van der Waals surface area contributed by atoms with Crippen molar-refractivity contribution in [3.8, 4) is 0 Å². The van der Waals surface area contributed by atoms with E-state index >= 15 is 0 Å². The first-order valence-corrected chi connectivity index (χ1v) is 7.76. The number of rotatable bonds is 6. The van der Waals surface area contributed by atoms with Crippen molar-refractivity contribution in [1.29, 1.82) is 0 Å². The molecule has 0 spiro atoms. The minimum absolute atomic E-state index is 0.264. The van der Waals surface area contributed by atoms with E-state index in [9.17, 15) is 0 Å². The summed E-state index contributed by atoms with van der Waals surface area (Å²) in [6.45, 7) is 4.27. The van der Waals surface area contributed by atoms with Gasteiger partial charge in [0.15, 0.2) is 0 Å². The lowest BCUT2D eigenvalue weighted by molar-refractivity contribution is 0.675. The van der Waals surface area contributed by atoms with Gasteiger partial charge in [-0.1, -0.05) is 55.3 Å². The quantitative estimate of drug-likeness (QED) is 0.839. The second-order valence-corrected chi connectivity index (χ2v) is 5.89. The number of nitrogens with zero attached hydrogens (tertiary/aromatic N) is 2. The zero-order valence-corrected chi connectivity index (χ0v) is 12.8. The van der Waals surface area contributed by atoms with Crippen LogP contribution in [0.25, 0.3) is 0 Å². The molecule has 3 nitrogen and oxygen atoms in total. The summed E-state index contributed by atoms with van der Waals surface area (Å²) in [5.41, 5.74) is 1.24. The van der Waals surface area contributed by atoms with Crippen LogP contribution in [0.4, 0.5) is 5.13 Å². The van der Waals surface area contributed by atoms with Crippen molar-refractivity contribution in [2.45, 2.75) is 39.2 Å². The Morgan fingerprint density at radius 1 is 1.21 bits per heavy atom. The summed E-state index contributed by atoms with van der Waals surface area (Å²) >= 11 is 7.56. The van der Waals surface area contributed by atoms with Crippen LogP contribution in [0, 0.1) is 0 Å². The van der Waals surface area contributed by atoms with Crippen molar-refractivity contribution in [3.05, 3.63) is 39.9 Å². The fourth-order valence-electron chi connectivity index (χ4n) is 1.91. The number of aryl methyl sites for hydroxylation is 1. The Kier molecular flexibility index (Phi) is 5.16. The maximum Gasteiger partial charge on any atom is 0.206 e. The van der Waals surface area contributed by atoms with Gasteiger partial charge in [0.2, 0.25) is 5.13 Å². The Hall–Kier alpha value is -1.13. The van der Waals surface area contributed by atoms with Gasteiger partial charge in [-0.25, -0.2) is 0 Å². The van der Waals surface area contributed by atoms with Crippen LogP contribution in [0.2, 0.25) is 5.02 Å². The highest BCUT2D eigenvalue weighted by Gasteiger charge is 2.13. The summed E-state index contributed by atoms with van der Waals surface area (Å²) < 4.78 is 0. The minimum atomic E-state index is 0.264. The third kappa shape index (κ3) is 3.91. The lowest BCUT2D eigenvalue weighted by atomic mass is 10.0. The monoisotopic (exact) mass is 295 g/mol. The maximum atomic E-state index is 5.94. The SMILES string of the molecule is CCCC(Nc1nnc(CC)s1)c1ccc(Cl)cc1. The molecular weight excluding hydrogens is 278 g/mol. The fraction of sp³-hybridized carbons (Fsp3) is 0.429. The Morgan fingerprint density at radius 3 is 2.53 bits per heavy atom. The van der Waals surface area contributed by atoms with Crippen LogP contribution in [0.15, 0.2) is 24.3 Å². The van der Waals surface area contributed by atoms with E-state index in [1.165, 1.54) is 5.56 Å². The largest absolute Gasteiger partial charge is 0.353 e. The molecule has 2 rings (SSSR count). The van der Waals surface area contributed by atoms with Crippen molar-refractivity contribution in [2.75, 3.05) is 5.32 Å². The van der Waals surface area contributed by atoms with Crippen molar-refractivity contribution in [1.82, 2.24) is 10.2 Å². The van der Waals surface area contributed by atoms with E-state index < -0.39 is 0 Å². The molecule has 0 bridgehead atoms. The Balaban J connectivity index is 2.13. The third-order valence-corrected chi connectivity index (χ3v) is 4.17. The van der Waals surface area contributed by atoms with Gasteiger partial charge in [-0.15, -0.1) is 10.2 Å². The first-order valence-electron chi connectivity index (χ1n) is 6.57. The van der Waals surface area contributed by atoms with Crippen molar-refractivity contribution in [2.24, 2.45) is 0 Å². The first-order chi connectivity index (χ1) is 9.22. The molecule has 0 fully saturated rings. The van der Waals surface area contributed by atoms with Crippen LogP contribution in [0.3, 0.4) is 0 Å². The fourth-order valence-corrected chi connectivity index (χ4v) is 2.77. The number of hydrogen-bond acceptors (Lipinski definition) is 4. The van der Waals surface area contributed by atoms with E-state index in [4.69, 9.17) is 11.6 Å². The highest BCUT2D eigenvalue weighted by molar-refractivity contribution is 7.15. The second-order valence-electron chi connectivity index (χ2n) is 4.39. The molecule has 5 heteroatoms. The molecule has 1 N–H and O–H groups in total. The van der Waals surface area contributed by atoms with Crippen LogP contribution in [0.5, 0.6) is 0 Å². The van der Waals surface area contributed by atoms with Crippen molar-refractivity contribution in [3.63, 3.8) is 0 Å². The predicted octanol–water partition coefficient (Wildman–Crippen LogP) is 4.71. The molecule has 1 atom stereocenters. The van der Waals surface area contributed by atoms with E-state index in [0.717, 1.165) is 34.4 Å². The van der Waals surface area contributed by atoms with Gasteiger partial charge in [-0.3, -0.25) is 0 Å². The minimum Gasteiger partial charge on any atom is -0.353 e. The summed E-state index contributed by atoms with van der Waals surface area (Å²) in [5, 5.41) is 14.5. The lowest BCUT2D eigenvalue weighted by Crippen LogP contribution is -2.10. The lowest BCUT2D eigenvalue weighted by Gasteiger charge is -2.17. The van der Waals surface area contributed by atoms with Gasteiger partial charge in [0.05, 0.1) is 6.04 Å². The molecule has 1 heterocycles. The normalized spacial score (nSPS) is 12.4. The van der Waals surface area contributed by atoms with Gasteiger partial charge < -0.3 is 5.32 Å². The summed E-state index contributed by atoms with van der Waals surface area (Å²) in [7, 11) is 0. The Morgan fingerprint density at radius 2 is 1.95 bits per heavy atom. The molecule has 1 unspecified atom stereocenters. The average Bonchev–Trinajstić information content (AvgIpc) is 2.87. The molecule has 0 saturated heterocycles. The Bertz CT molecular complexity index is 510. The van der Waals surface area contributed by atoms with Crippen molar-refractivity contribution >= 4 is 28.1 Å². The highest BCUT2D eigenvalue weighted by atomic mass is 35.5. The molecule has 0 radical (unpaired) electrons. The molecule has 0 saturated carbocycles. The molecule has 0 aliphatic rings. The molecule has 102 valence electrons. The highest BCUT2D eigenvalue weighted by Crippen LogP contribution is 2.27. The van der Waals surface area contributed by atoms with Crippen LogP contribution in [0.1, 0.15) is 43.3 Å². The second kappa shape index (κ2) is 6.87. The van der Waals surface area contributed by atoms with Gasteiger partial charge in [-0.2, -0.15) is 0 Å². The van der Waals surface area contributed by atoms with E-state index in [0.29, 0.717) is 0 Å². The molecule has 19 heavy (non-hydrogen) atoms. The van der Waals surface area contributed by atoms with Gasteiger partial charge in [0.25, 0.3) is 0 Å². The van der Waals surface area contributed by atoms with Crippen LogP contribution in [-0.2, 0) is 6.42 Å². The topological polar surface area (TPSA) is 37.8 Å². The van der Waals surface area contributed by atoms with Crippen LogP contribution in [-0.4, -0.2) is 10.2 Å². The van der Waals surface area contributed by atoms with Gasteiger partial charge >= 0.3 is 0 Å². The zero-order valence-electron chi connectivity index (χ0n) is 11.2. The smallest absolute Gasteiger partial charge is 0.206 e. The van der Waals surface area contributed by atoms with Gasteiger partial charge in [-0.05, 0) is 30.5 Å². The number of anilines is 1. The van der Waals surface area contributed by atoms with E-state index in [-0.39, 0.29) is 6.04 Å². The molecule has 1 aromatic carbocycles. The van der Waals surface area contributed by atoms with Crippen molar-refractivity contribution < 1.29 is 0 Å². The van der Waals surface area contributed by atoms with E-state index in [2.05, 4.69) is 41.5 Å². The zero-order chi connectivity index (χ0) is 13.7. The molecule has 2 aromatic rings. The average molecular weight is 296 g/mol. The van der Waals surface area contributed by atoms with Crippen LogP contribution >= 0.6 is 22.9 Å². The standard InChI is InChI=1S/C14H18ClN3S/c1-3-5-12(10-6-8-11(15)9-7-10)16-14-18-17-13(4-2)19-14/h6-9,12H,3-5H2,1-2H3,(H,16,18). The number of hydrogen-bond donors (Lipinski definition) is 1. The third-order valence-electron chi connectivity index (χ3n) is 2.92. The number of halogens is 1. The summed E-state index contributed by atoms with van der Waals surface area (Å²) in [5.74, 6) is 0. The Labute approximate surface area is 123 Å². The molecule has 1 aromatic heterocycles. The van der Waals surface area contributed by atoms with Gasteiger partial charge in [0.1, 0.15) is 5.01 Å². The van der Waals surface area contributed by atoms with E-state index in [1.807, 2.05) is 12.1 Å². The number of nitrogens with one attached hydrogen (secondary N) is 1. The van der Waals surface area contributed by atoms with E-state index in [1.54, 1.807) is 11.3 Å². The van der Waals surface area contributed by atoms with Crippen LogP contribution < -0.4 is 5.32 Å². The number of aromatic nitrogens is 2. The summed E-state index contributed by atoms with van der Waals surface area (Å²) in [4.78, 5) is 0. The van der Waals surface area contributed by atoms with Gasteiger partial charge in [0, 0.05) is 5.02 Å². The molecule has 0 aliphatic heterocycles. The summed E-state index contributed by atoms with van der Waals surface area (Å²) in [6, 6.07) is 8.26. The molecule has 0 amide bonds.